The molecule has 0 unspecified atom stereocenters. The van der Waals surface area contributed by atoms with Crippen LogP contribution in [0, 0.1) is 50.7 Å². The first-order valence-corrected chi connectivity index (χ1v) is 15.3. The Bertz CT molecular complexity index is 1080. The summed E-state index contributed by atoms with van der Waals surface area (Å²) < 4.78 is 11.9. The number of rotatable bonds is 3. The van der Waals surface area contributed by atoms with E-state index >= 15 is 0 Å². The molecule has 0 aromatic carbocycles. The van der Waals surface area contributed by atoms with Gasteiger partial charge in [-0.3, -0.25) is 9.59 Å². The van der Waals surface area contributed by atoms with E-state index in [0.717, 1.165) is 12.8 Å². The highest BCUT2D eigenvalue weighted by molar-refractivity contribution is 5.69. The Labute approximate surface area is 231 Å². The lowest BCUT2D eigenvalue weighted by Gasteiger charge is -2.72. The lowest BCUT2D eigenvalue weighted by Crippen LogP contribution is -2.68. The molecule has 0 aromatic rings. The number of carbonyl (C=O) groups is 2. The third-order valence-corrected chi connectivity index (χ3v) is 13.3. The summed E-state index contributed by atoms with van der Waals surface area (Å²) in [5.41, 5.74) is 3.77. The van der Waals surface area contributed by atoms with Gasteiger partial charge in [-0.25, -0.2) is 0 Å². The standard InChI is InChI=1S/C34H52O4/c1-21(2)24-13-15-30(7)17-19-32(9)25(28(24)30)11-12-27-31(8)18-20-34(37-22(3)35,38-23(4)36)29(5,6)26(31)14-16-33(27,32)10/h13,15,21,25-27H,11-12,14,16-20H2,1-10H3/t25-,26+,27-,30-,31+,32-,33-/m1/s1. The Morgan fingerprint density at radius 3 is 2.00 bits per heavy atom. The Kier molecular flexibility index (Phi) is 6.23. The number of hydrogen-bond acceptors (Lipinski definition) is 4. The number of fused-ring (bicyclic) bond motifs is 7. The monoisotopic (exact) mass is 524 g/mol. The molecule has 5 aliphatic rings. The van der Waals surface area contributed by atoms with Crippen molar-refractivity contribution < 1.29 is 19.1 Å². The van der Waals surface area contributed by atoms with Gasteiger partial charge < -0.3 is 9.47 Å². The van der Waals surface area contributed by atoms with Gasteiger partial charge in [0.2, 0.25) is 0 Å². The predicted octanol–water partition coefficient (Wildman–Crippen LogP) is 8.41. The molecule has 5 aliphatic carbocycles. The van der Waals surface area contributed by atoms with Crippen LogP contribution in [0.3, 0.4) is 0 Å². The van der Waals surface area contributed by atoms with Crippen molar-refractivity contribution in [3.63, 3.8) is 0 Å². The van der Waals surface area contributed by atoms with E-state index in [2.05, 4.69) is 67.5 Å². The summed E-state index contributed by atoms with van der Waals surface area (Å²) in [6.45, 7) is 22.3. The topological polar surface area (TPSA) is 52.6 Å². The van der Waals surface area contributed by atoms with Crippen molar-refractivity contribution >= 4 is 11.9 Å². The van der Waals surface area contributed by atoms with Crippen LogP contribution < -0.4 is 0 Å². The zero-order chi connectivity index (χ0) is 28.1. The van der Waals surface area contributed by atoms with Gasteiger partial charge in [0, 0.05) is 31.1 Å². The van der Waals surface area contributed by atoms with Crippen LogP contribution in [0.4, 0.5) is 0 Å². The Balaban J connectivity index is 1.55. The molecule has 0 bridgehead atoms. The molecular formula is C34H52O4. The maximum atomic E-state index is 12.3. The van der Waals surface area contributed by atoms with Gasteiger partial charge in [-0.05, 0) is 90.4 Å². The molecule has 0 spiro atoms. The summed E-state index contributed by atoms with van der Waals surface area (Å²) in [6, 6.07) is 0. The fourth-order valence-corrected chi connectivity index (χ4v) is 11.3. The van der Waals surface area contributed by atoms with Crippen LogP contribution in [-0.2, 0) is 19.1 Å². The Morgan fingerprint density at radius 2 is 1.42 bits per heavy atom. The second-order valence-corrected chi connectivity index (χ2v) is 15.6. The maximum absolute atomic E-state index is 12.3. The van der Waals surface area contributed by atoms with Crippen LogP contribution in [0.2, 0.25) is 0 Å². The van der Waals surface area contributed by atoms with Crippen LogP contribution in [0.1, 0.15) is 121 Å². The van der Waals surface area contributed by atoms with E-state index in [4.69, 9.17) is 9.47 Å². The summed E-state index contributed by atoms with van der Waals surface area (Å²) in [5, 5.41) is 0. The summed E-state index contributed by atoms with van der Waals surface area (Å²) in [4.78, 5) is 24.5. The second-order valence-electron chi connectivity index (χ2n) is 15.6. The Hall–Kier alpha value is -1.58. The first kappa shape index (κ1) is 28.0. The van der Waals surface area contributed by atoms with Gasteiger partial charge >= 0.3 is 11.9 Å². The average Bonchev–Trinajstić information content (AvgIpc) is 3.14. The molecule has 0 heterocycles. The number of carbonyl (C=O) groups excluding carboxylic acids is 2. The highest BCUT2D eigenvalue weighted by Crippen LogP contribution is 2.77. The molecule has 0 amide bonds. The first-order chi connectivity index (χ1) is 17.5. The number of hydrogen-bond donors (Lipinski definition) is 0. The van der Waals surface area contributed by atoms with Crippen molar-refractivity contribution in [1.29, 1.82) is 0 Å². The highest BCUT2D eigenvalue weighted by Gasteiger charge is 2.72. The van der Waals surface area contributed by atoms with Gasteiger partial charge in [-0.15, -0.1) is 0 Å². The van der Waals surface area contributed by atoms with E-state index in [-0.39, 0.29) is 33.6 Å². The van der Waals surface area contributed by atoms with E-state index < -0.39 is 11.2 Å². The molecule has 4 heteroatoms. The summed E-state index contributed by atoms with van der Waals surface area (Å²) in [6.07, 6.45) is 13.8. The zero-order valence-corrected chi connectivity index (χ0v) is 25.8. The van der Waals surface area contributed by atoms with Crippen molar-refractivity contribution in [2.75, 3.05) is 0 Å². The molecule has 7 atom stereocenters. The van der Waals surface area contributed by atoms with Crippen molar-refractivity contribution in [3.8, 4) is 0 Å². The van der Waals surface area contributed by atoms with Gasteiger partial charge in [0.15, 0.2) is 0 Å². The minimum Gasteiger partial charge on any atom is -0.422 e. The molecule has 212 valence electrons. The highest BCUT2D eigenvalue weighted by atomic mass is 16.7. The molecule has 0 N–H and O–H groups in total. The molecule has 0 aliphatic heterocycles. The smallest absolute Gasteiger partial charge is 0.305 e. The van der Waals surface area contributed by atoms with Gasteiger partial charge in [-0.2, -0.15) is 0 Å². The van der Waals surface area contributed by atoms with Gasteiger partial charge in [0.05, 0.1) is 0 Å². The number of ether oxygens (including phenoxy) is 2. The third kappa shape index (κ3) is 3.46. The molecular weight excluding hydrogens is 472 g/mol. The molecule has 4 saturated carbocycles. The van der Waals surface area contributed by atoms with Crippen LogP contribution in [0.15, 0.2) is 23.3 Å². The van der Waals surface area contributed by atoms with Crippen molar-refractivity contribution in [3.05, 3.63) is 23.3 Å². The molecule has 4 nitrogen and oxygen atoms in total. The van der Waals surface area contributed by atoms with E-state index in [0.29, 0.717) is 30.1 Å². The summed E-state index contributed by atoms with van der Waals surface area (Å²) in [7, 11) is 0. The summed E-state index contributed by atoms with van der Waals surface area (Å²) >= 11 is 0. The quantitative estimate of drug-likeness (QED) is 0.275. The molecule has 38 heavy (non-hydrogen) atoms. The van der Waals surface area contributed by atoms with E-state index in [1.165, 1.54) is 46.0 Å². The van der Waals surface area contributed by atoms with E-state index in [9.17, 15) is 9.59 Å². The minimum atomic E-state index is -1.19. The Morgan fingerprint density at radius 1 is 0.789 bits per heavy atom. The number of esters is 2. The fourth-order valence-electron chi connectivity index (χ4n) is 11.3. The minimum absolute atomic E-state index is 0.109. The second kappa shape index (κ2) is 8.46. The van der Waals surface area contributed by atoms with Crippen molar-refractivity contribution in [1.82, 2.24) is 0 Å². The average molecular weight is 525 g/mol. The lowest BCUT2D eigenvalue weighted by atomic mass is 9.33. The van der Waals surface area contributed by atoms with E-state index in [1.54, 1.807) is 11.1 Å². The van der Waals surface area contributed by atoms with Crippen LogP contribution >= 0.6 is 0 Å². The largest absolute Gasteiger partial charge is 0.422 e. The predicted molar refractivity (Wildman–Crippen MR) is 151 cm³/mol. The molecule has 0 aromatic heterocycles. The van der Waals surface area contributed by atoms with Gasteiger partial charge in [0.25, 0.3) is 5.79 Å². The molecule has 4 fully saturated rings. The van der Waals surface area contributed by atoms with Crippen LogP contribution in [0.25, 0.3) is 0 Å². The summed E-state index contributed by atoms with van der Waals surface area (Å²) in [5.74, 6) is 0.189. The SMILES string of the molecule is CC(=O)OC1(OC(C)=O)CC[C@]2(C)[C@H]3CC[C@@H]4C5=C(C(C)C)C=C[C@]5(C)CC[C@@]4(C)[C@]3(C)CC[C@H]2C1(C)C. The molecule has 0 saturated heterocycles. The van der Waals surface area contributed by atoms with Crippen LogP contribution in [-0.4, -0.2) is 17.7 Å². The zero-order valence-electron chi connectivity index (χ0n) is 25.8. The third-order valence-electron chi connectivity index (χ3n) is 13.3. The van der Waals surface area contributed by atoms with Gasteiger partial charge in [0.1, 0.15) is 0 Å². The normalized spacial score (nSPS) is 44.6. The lowest BCUT2D eigenvalue weighted by molar-refractivity contribution is -0.325. The molecule has 0 radical (unpaired) electrons. The fraction of sp³-hybridized carbons (Fsp3) is 0.824. The number of allylic oxidation sites excluding steroid dienone is 4. The van der Waals surface area contributed by atoms with Crippen molar-refractivity contribution in [2.45, 2.75) is 126 Å². The molecule has 5 rings (SSSR count). The van der Waals surface area contributed by atoms with Crippen LogP contribution in [0.5, 0.6) is 0 Å². The van der Waals surface area contributed by atoms with E-state index in [1.807, 2.05) is 0 Å². The maximum Gasteiger partial charge on any atom is 0.305 e. The van der Waals surface area contributed by atoms with Crippen molar-refractivity contribution in [2.24, 2.45) is 50.7 Å². The first-order valence-electron chi connectivity index (χ1n) is 15.3. The van der Waals surface area contributed by atoms with Gasteiger partial charge in [-0.1, -0.05) is 73.1 Å².